The predicted octanol–water partition coefficient (Wildman–Crippen LogP) is 5.70. The summed E-state index contributed by atoms with van der Waals surface area (Å²) in [5, 5.41) is 16.0. The number of carbonyl (C=O) groups excluding carboxylic acids is 3. The van der Waals surface area contributed by atoms with Crippen LogP contribution in [0, 0.1) is 23.7 Å². The number of para-hydroxylation sites is 1. The number of hydrogen-bond donors (Lipinski definition) is 2. The lowest BCUT2D eigenvalue weighted by Crippen LogP contribution is -2.54. The van der Waals surface area contributed by atoms with Crippen LogP contribution in [-0.2, 0) is 9.59 Å². The number of nitriles is 1. The molecule has 12 heteroatoms. The first-order valence-corrected chi connectivity index (χ1v) is 16.8. The first-order valence-electron chi connectivity index (χ1n) is 15.9. The number of pyridine rings is 2. The minimum atomic E-state index is -0.634. The Balaban J connectivity index is 1.06. The zero-order valence-electron chi connectivity index (χ0n) is 26.2. The second-order valence-corrected chi connectivity index (χ2v) is 13.9. The molecule has 3 aliphatic heterocycles. The van der Waals surface area contributed by atoms with Gasteiger partial charge in [0.05, 0.1) is 23.1 Å². The third-order valence-corrected chi connectivity index (χ3v) is 10.7. The van der Waals surface area contributed by atoms with Crippen molar-refractivity contribution in [3.8, 4) is 17.7 Å². The van der Waals surface area contributed by atoms with E-state index in [1.807, 2.05) is 43.3 Å². The highest BCUT2D eigenvalue weighted by molar-refractivity contribution is 8.01. The predicted molar refractivity (Wildman–Crippen MR) is 176 cm³/mol. The van der Waals surface area contributed by atoms with E-state index in [0.717, 1.165) is 24.8 Å². The Morgan fingerprint density at radius 1 is 1.15 bits per heavy atom. The number of nitrogens with one attached hydrogen (secondary N) is 2. The number of piperidine rings is 1. The molecule has 2 aromatic heterocycles. The van der Waals surface area contributed by atoms with E-state index >= 15 is 0 Å². The summed E-state index contributed by atoms with van der Waals surface area (Å²) in [6.45, 7) is 4.77. The van der Waals surface area contributed by atoms with Gasteiger partial charge < -0.3 is 20.3 Å². The molecule has 2 N–H and O–H groups in total. The zero-order valence-corrected chi connectivity index (χ0v) is 27.0. The molecule has 240 valence electrons. The normalized spacial score (nSPS) is 22.8. The third kappa shape index (κ3) is 5.91. The van der Waals surface area contributed by atoms with E-state index in [-0.39, 0.29) is 34.9 Å². The molecule has 0 radical (unpaired) electrons. The van der Waals surface area contributed by atoms with Gasteiger partial charge in [0.2, 0.25) is 11.8 Å². The van der Waals surface area contributed by atoms with Crippen molar-refractivity contribution in [1.82, 2.24) is 25.5 Å². The van der Waals surface area contributed by atoms with Crippen LogP contribution < -0.4 is 20.3 Å². The number of likely N-dealkylation sites (tertiary alicyclic amines) is 1. The van der Waals surface area contributed by atoms with Gasteiger partial charge >= 0.3 is 6.03 Å². The van der Waals surface area contributed by atoms with Gasteiger partial charge in [-0.05, 0) is 62.3 Å². The molecule has 4 amide bonds. The molecule has 1 saturated heterocycles. The van der Waals surface area contributed by atoms with E-state index < -0.39 is 11.3 Å². The number of ether oxygens (including phenoxy) is 1. The Morgan fingerprint density at radius 3 is 2.68 bits per heavy atom. The Morgan fingerprint density at radius 2 is 1.96 bits per heavy atom. The maximum Gasteiger partial charge on any atom is 0.327 e. The van der Waals surface area contributed by atoms with Crippen LogP contribution in [0.3, 0.4) is 0 Å². The Hall–Kier alpha value is -4.89. The van der Waals surface area contributed by atoms with Gasteiger partial charge in [-0.15, -0.1) is 0 Å². The minimum absolute atomic E-state index is 0.0961. The second-order valence-electron chi connectivity index (χ2n) is 12.8. The smallest absolute Gasteiger partial charge is 0.327 e. The van der Waals surface area contributed by atoms with Crippen LogP contribution in [0.25, 0.3) is 0 Å². The molecule has 2 fully saturated rings. The van der Waals surface area contributed by atoms with Crippen LogP contribution in [-0.4, -0.2) is 57.1 Å². The lowest BCUT2D eigenvalue weighted by Gasteiger charge is -2.37. The summed E-state index contributed by atoms with van der Waals surface area (Å²) >= 11 is 1.32. The third-order valence-electron chi connectivity index (χ3n) is 9.40. The van der Waals surface area contributed by atoms with E-state index in [0.29, 0.717) is 59.7 Å². The van der Waals surface area contributed by atoms with Gasteiger partial charge in [0.15, 0.2) is 0 Å². The molecular weight excluding hydrogens is 614 g/mol. The average Bonchev–Trinajstić information content (AvgIpc) is 3.43. The molecule has 1 aromatic carbocycles. The van der Waals surface area contributed by atoms with E-state index in [4.69, 9.17) is 4.74 Å². The molecule has 47 heavy (non-hydrogen) atoms. The summed E-state index contributed by atoms with van der Waals surface area (Å²) < 4.78 is 5.88. The first-order chi connectivity index (χ1) is 22.7. The molecule has 3 unspecified atom stereocenters. The van der Waals surface area contributed by atoms with Gasteiger partial charge in [-0.1, -0.05) is 49.4 Å². The van der Waals surface area contributed by atoms with E-state index in [9.17, 15) is 19.6 Å². The van der Waals surface area contributed by atoms with Crippen molar-refractivity contribution in [3.63, 3.8) is 0 Å². The number of urea groups is 1. The molecule has 3 atom stereocenters. The van der Waals surface area contributed by atoms with Crippen LogP contribution >= 0.6 is 11.8 Å². The summed E-state index contributed by atoms with van der Waals surface area (Å²) in [5.41, 5.74) is 2.72. The molecular formula is C35H35N7O4S. The molecule has 1 aliphatic carbocycles. The van der Waals surface area contributed by atoms with E-state index in [1.165, 1.54) is 11.8 Å². The number of nitrogens with zero attached hydrogens (tertiary/aromatic N) is 5. The van der Waals surface area contributed by atoms with Crippen molar-refractivity contribution in [2.75, 3.05) is 18.0 Å². The summed E-state index contributed by atoms with van der Waals surface area (Å²) in [6.07, 6.45) is 7.97. The lowest BCUT2D eigenvalue weighted by atomic mass is 9.69. The highest BCUT2D eigenvalue weighted by atomic mass is 32.2. The molecule has 5 heterocycles. The van der Waals surface area contributed by atoms with Crippen LogP contribution in [0.5, 0.6) is 11.6 Å². The van der Waals surface area contributed by atoms with Crippen LogP contribution in [0.4, 0.5) is 16.2 Å². The van der Waals surface area contributed by atoms with E-state index in [2.05, 4.69) is 33.6 Å². The minimum Gasteiger partial charge on any atom is -0.439 e. The average molecular weight is 650 g/mol. The highest BCUT2D eigenvalue weighted by Crippen LogP contribution is 2.51. The number of aromatic nitrogens is 2. The van der Waals surface area contributed by atoms with Gasteiger partial charge in [-0.2, -0.15) is 5.26 Å². The molecule has 0 bridgehead atoms. The van der Waals surface area contributed by atoms with Crippen molar-refractivity contribution < 1.29 is 19.1 Å². The Labute approximate surface area is 277 Å². The number of rotatable bonds is 7. The second kappa shape index (κ2) is 12.4. The highest BCUT2D eigenvalue weighted by Gasteiger charge is 2.47. The number of aryl methyl sites for hydroxylation is 1. The molecule has 7 rings (SSSR count). The van der Waals surface area contributed by atoms with Crippen LogP contribution in [0.1, 0.15) is 56.3 Å². The SMILES string of the molecule is Cc1nc(Oc2ccccc2)ccc1N1C(=O)NC2c3c1ccnc3SC2C(=O)NC1CCCN(C(=O)C(C#N)=CC2(C)CCC2)C1. The molecule has 3 aromatic rings. The topological polar surface area (TPSA) is 141 Å². The van der Waals surface area contributed by atoms with E-state index in [1.54, 1.807) is 34.2 Å². The summed E-state index contributed by atoms with van der Waals surface area (Å²) in [5.74, 6) is 0.569. The molecule has 4 aliphatic rings. The van der Waals surface area contributed by atoms with Gasteiger partial charge in [-0.3, -0.25) is 14.5 Å². The lowest BCUT2D eigenvalue weighted by molar-refractivity contribution is -0.129. The van der Waals surface area contributed by atoms with Crippen molar-refractivity contribution in [2.45, 2.75) is 68.3 Å². The Bertz CT molecular complexity index is 1820. The fraction of sp³-hybridized carbons (Fsp3) is 0.371. The van der Waals surface area contributed by atoms with Crippen LogP contribution in [0.2, 0.25) is 0 Å². The largest absolute Gasteiger partial charge is 0.439 e. The van der Waals surface area contributed by atoms with Gasteiger partial charge in [-0.25, -0.2) is 14.8 Å². The zero-order chi connectivity index (χ0) is 32.7. The molecule has 1 saturated carbocycles. The summed E-state index contributed by atoms with van der Waals surface area (Å²) in [4.78, 5) is 53.1. The summed E-state index contributed by atoms with van der Waals surface area (Å²) in [6, 6.07) is 15.6. The number of thioether (sulfide) groups is 1. The van der Waals surface area contributed by atoms with Crippen molar-refractivity contribution in [3.05, 3.63) is 77.6 Å². The number of amides is 4. The maximum absolute atomic E-state index is 13.8. The van der Waals surface area contributed by atoms with Crippen molar-refractivity contribution >= 4 is 41.0 Å². The van der Waals surface area contributed by atoms with Gasteiger partial charge in [0, 0.05) is 37.0 Å². The van der Waals surface area contributed by atoms with Crippen molar-refractivity contribution in [1.29, 1.82) is 5.26 Å². The number of anilines is 2. The Kier molecular flexibility index (Phi) is 8.09. The number of allylic oxidation sites excluding steroid dienone is 1. The molecule has 0 spiro atoms. The maximum atomic E-state index is 13.8. The summed E-state index contributed by atoms with van der Waals surface area (Å²) in [7, 11) is 0. The standard InChI is InChI=1S/C35H35N7O4S/c1-21-25(11-12-27(38-21)46-24-9-4-3-5-10-24)42-26-13-16-37-32-28(26)29(40-34(42)45)30(47-32)31(43)39-23-8-6-17-41(20-23)33(44)22(19-36)18-35(2)14-7-15-35/h3-5,9-13,16,18,23,29-30H,6-8,14-15,17,20H2,1-2H3,(H,39,43)(H,40,45). The van der Waals surface area contributed by atoms with Gasteiger partial charge in [0.25, 0.3) is 5.91 Å². The fourth-order valence-electron chi connectivity index (χ4n) is 6.80. The number of hydrogen-bond acceptors (Lipinski definition) is 8. The number of benzene rings is 1. The number of carbonyl (C=O) groups is 3. The van der Waals surface area contributed by atoms with Crippen LogP contribution in [0.15, 0.2) is 71.4 Å². The fourth-order valence-corrected chi connectivity index (χ4v) is 8.04. The quantitative estimate of drug-likeness (QED) is 0.245. The molecule has 11 nitrogen and oxygen atoms in total. The van der Waals surface area contributed by atoms with Crippen molar-refractivity contribution in [2.24, 2.45) is 5.41 Å². The van der Waals surface area contributed by atoms with Gasteiger partial charge in [0.1, 0.15) is 27.7 Å². The monoisotopic (exact) mass is 649 g/mol. The first kappa shape index (κ1) is 30.7.